The fourth-order valence-corrected chi connectivity index (χ4v) is 9.88. The topological polar surface area (TPSA) is 91.6 Å². The number of halogens is 3. The highest BCUT2D eigenvalue weighted by molar-refractivity contribution is 5.85. The maximum absolute atomic E-state index is 14.7. The minimum Gasteiger partial charge on any atom is -0.356 e. The largest absolute Gasteiger partial charge is 0.418 e. The molecule has 2 amide bonds. The van der Waals surface area contributed by atoms with Crippen LogP contribution in [0.4, 0.5) is 13.2 Å². The quantitative estimate of drug-likeness (QED) is 0.107. The molecule has 2 fully saturated rings. The van der Waals surface area contributed by atoms with Crippen molar-refractivity contribution in [3.8, 4) is 33.6 Å². The molecule has 0 saturated carbocycles. The molecule has 9 nitrogen and oxygen atoms in total. The van der Waals surface area contributed by atoms with Crippen molar-refractivity contribution in [1.82, 2.24) is 34.6 Å². The number of amides is 2. The number of H-pyrrole nitrogens is 2. The summed E-state index contributed by atoms with van der Waals surface area (Å²) in [5.74, 6) is 0.759. The average molecular weight is 870 g/mol. The highest BCUT2D eigenvalue weighted by atomic mass is 19.4. The summed E-state index contributed by atoms with van der Waals surface area (Å²) in [7, 11) is 0. The zero-order valence-corrected chi connectivity index (χ0v) is 37.1. The number of alkyl halides is 3. The van der Waals surface area contributed by atoms with E-state index >= 15 is 0 Å². The van der Waals surface area contributed by atoms with Crippen molar-refractivity contribution in [2.45, 2.75) is 83.7 Å². The SMILES string of the molecule is CCN(CC)[C@@H](C(=O)N1CCCC1c1ncc(-c2ccc(-c3ccc(-c4[nH]c([C@@H]5CCCN5C(=O)[C@@H](c5ccccc5)N(CC)CC)cc4C(F)(F)F)cc3)cc2)[nH]1)c1ccccc1. The lowest BCUT2D eigenvalue weighted by Gasteiger charge is -2.34. The third-order valence-electron chi connectivity index (χ3n) is 13.2. The molecule has 1 unspecified atom stereocenters. The summed E-state index contributed by atoms with van der Waals surface area (Å²) < 4.78 is 44.2. The van der Waals surface area contributed by atoms with Gasteiger partial charge in [0.2, 0.25) is 11.8 Å². The molecule has 0 spiro atoms. The van der Waals surface area contributed by atoms with Crippen molar-refractivity contribution in [3.05, 3.63) is 150 Å². The first kappa shape index (κ1) is 44.6. The number of hydrogen-bond acceptors (Lipinski definition) is 5. The molecule has 0 bridgehead atoms. The molecule has 6 aromatic rings. The Morgan fingerprint density at radius 2 is 1.09 bits per heavy atom. The lowest BCUT2D eigenvalue weighted by atomic mass is 10.00. The van der Waals surface area contributed by atoms with Gasteiger partial charge in [-0.25, -0.2) is 4.98 Å². The molecular weight excluding hydrogens is 812 g/mol. The first-order valence-corrected chi connectivity index (χ1v) is 22.8. The summed E-state index contributed by atoms with van der Waals surface area (Å²) in [5.41, 5.74) is 5.47. The molecule has 2 aliphatic heterocycles. The van der Waals surface area contributed by atoms with E-state index in [0.29, 0.717) is 50.3 Å². The second-order valence-corrected chi connectivity index (χ2v) is 16.8. The number of nitrogens with one attached hydrogen (secondary N) is 2. The van der Waals surface area contributed by atoms with Crippen molar-refractivity contribution >= 4 is 11.8 Å². The van der Waals surface area contributed by atoms with Gasteiger partial charge in [-0.15, -0.1) is 0 Å². The van der Waals surface area contributed by atoms with Crippen molar-refractivity contribution in [2.75, 3.05) is 39.3 Å². The van der Waals surface area contributed by atoms with Crippen LogP contribution in [0, 0.1) is 0 Å². The molecule has 2 N–H and O–H groups in total. The second-order valence-electron chi connectivity index (χ2n) is 16.8. The van der Waals surface area contributed by atoms with Crippen LogP contribution < -0.4 is 0 Å². The van der Waals surface area contributed by atoms with Gasteiger partial charge >= 0.3 is 6.18 Å². The fraction of sp³-hybridized carbons (Fsp3) is 0.365. The molecule has 2 aromatic heterocycles. The second kappa shape index (κ2) is 19.4. The molecular formula is C52H58F3N7O2. The number of nitrogens with zero attached hydrogens (tertiary/aromatic N) is 5. The van der Waals surface area contributed by atoms with Gasteiger partial charge in [-0.05, 0) is 91.3 Å². The molecule has 334 valence electrons. The predicted octanol–water partition coefficient (Wildman–Crippen LogP) is 11.3. The Labute approximate surface area is 374 Å². The van der Waals surface area contributed by atoms with Crippen LogP contribution >= 0.6 is 0 Å². The van der Waals surface area contributed by atoms with Gasteiger partial charge in [-0.2, -0.15) is 13.2 Å². The average Bonchev–Trinajstić information content (AvgIpc) is 4.17. The molecule has 64 heavy (non-hydrogen) atoms. The molecule has 0 aliphatic carbocycles. The number of hydrogen-bond donors (Lipinski definition) is 2. The summed E-state index contributed by atoms with van der Waals surface area (Å²) in [4.78, 5) is 48.1. The summed E-state index contributed by atoms with van der Waals surface area (Å²) in [5, 5.41) is 0. The van der Waals surface area contributed by atoms with Gasteiger partial charge in [-0.1, -0.05) is 137 Å². The molecule has 2 aliphatic rings. The van der Waals surface area contributed by atoms with E-state index in [2.05, 4.69) is 33.6 Å². The van der Waals surface area contributed by atoms with E-state index in [-0.39, 0.29) is 29.6 Å². The Balaban J connectivity index is 0.990. The third kappa shape index (κ3) is 9.03. The lowest BCUT2D eigenvalue weighted by molar-refractivity contribution is -0.139. The Morgan fingerprint density at radius 3 is 1.58 bits per heavy atom. The number of likely N-dealkylation sites (N-methyl/N-ethyl adjacent to an activating group) is 2. The van der Waals surface area contributed by atoms with E-state index < -0.39 is 23.8 Å². The molecule has 8 rings (SSSR count). The van der Waals surface area contributed by atoms with E-state index in [0.717, 1.165) is 65.3 Å². The van der Waals surface area contributed by atoms with Crippen LogP contribution in [0.1, 0.15) is 106 Å². The van der Waals surface area contributed by atoms with Gasteiger partial charge < -0.3 is 19.8 Å². The molecule has 4 heterocycles. The summed E-state index contributed by atoms with van der Waals surface area (Å²) in [6, 6.07) is 34.4. The Hall–Kier alpha value is -5.98. The van der Waals surface area contributed by atoms with Crippen molar-refractivity contribution in [3.63, 3.8) is 0 Å². The normalized spacial score (nSPS) is 17.7. The first-order chi connectivity index (χ1) is 31.0. The van der Waals surface area contributed by atoms with E-state index in [1.165, 1.54) is 6.07 Å². The standard InChI is InChI=1S/C52H58F3N7O2/c1-5-59(6-2)47(39-17-11-9-12-18-39)50(63)61-31-15-21-44(61)42-33-41(52(53,54)55)46(57-42)38-29-25-36(26-30-38)35-23-27-37(28-24-35)43-34-56-49(58-43)45-22-16-32-62(45)51(64)48(60(7-3)8-4)40-19-13-10-14-20-40/h9-14,17-20,23-30,33-34,44-45,47-48,57H,5-8,15-16,21-22,31-32H2,1-4H3,(H,56,58)/t44-,45?,47+,48+/m0/s1. The van der Waals surface area contributed by atoms with Gasteiger partial charge in [0.05, 0.1) is 35.2 Å². The van der Waals surface area contributed by atoms with Crippen molar-refractivity contribution in [1.29, 1.82) is 0 Å². The molecule has 2 saturated heterocycles. The van der Waals surface area contributed by atoms with Crippen molar-refractivity contribution < 1.29 is 22.8 Å². The third-order valence-corrected chi connectivity index (χ3v) is 13.2. The van der Waals surface area contributed by atoms with Crippen LogP contribution in [0.5, 0.6) is 0 Å². The maximum atomic E-state index is 14.7. The van der Waals surface area contributed by atoms with E-state index in [9.17, 15) is 22.8 Å². The van der Waals surface area contributed by atoms with Gasteiger partial charge in [0.15, 0.2) is 0 Å². The maximum Gasteiger partial charge on any atom is 0.418 e. The Kier molecular flexibility index (Phi) is 13.5. The fourth-order valence-electron chi connectivity index (χ4n) is 9.88. The molecule has 0 radical (unpaired) electrons. The Morgan fingerprint density at radius 1 is 0.641 bits per heavy atom. The summed E-state index contributed by atoms with van der Waals surface area (Å²) in [6.07, 6.45) is 0.209. The zero-order chi connectivity index (χ0) is 45.0. The van der Waals surface area contributed by atoms with E-state index in [1.807, 2.05) is 122 Å². The summed E-state index contributed by atoms with van der Waals surface area (Å²) >= 11 is 0. The molecule has 4 atom stereocenters. The van der Waals surface area contributed by atoms with Crippen LogP contribution in [0.2, 0.25) is 0 Å². The van der Waals surface area contributed by atoms with Crippen LogP contribution in [0.25, 0.3) is 33.6 Å². The highest BCUT2D eigenvalue weighted by Crippen LogP contribution is 2.43. The number of carbonyl (C=O) groups is 2. The number of imidazole rings is 1. The monoisotopic (exact) mass is 869 g/mol. The number of aromatic nitrogens is 3. The minimum absolute atomic E-state index is 0.00623. The van der Waals surface area contributed by atoms with Crippen LogP contribution in [0.15, 0.2) is 121 Å². The lowest BCUT2D eigenvalue weighted by Crippen LogP contribution is -2.43. The first-order valence-electron chi connectivity index (χ1n) is 22.8. The van der Waals surface area contributed by atoms with Gasteiger partial charge in [-0.3, -0.25) is 19.4 Å². The number of benzene rings is 4. The number of rotatable bonds is 15. The van der Waals surface area contributed by atoms with E-state index in [4.69, 9.17) is 4.98 Å². The van der Waals surface area contributed by atoms with Gasteiger partial charge in [0.25, 0.3) is 0 Å². The smallest absolute Gasteiger partial charge is 0.356 e. The Bertz CT molecular complexity index is 2480. The molecule has 12 heteroatoms. The van der Waals surface area contributed by atoms with E-state index in [1.54, 1.807) is 17.0 Å². The predicted molar refractivity (Wildman–Crippen MR) is 246 cm³/mol. The van der Waals surface area contributed by atoms with Crippen LogP contribution in [-0.4, -0.2) is 85.6 Å². The van der Waals surface area contributed by atoms with Crippen LogP contribution in [0.3, 0.4) is 0 Å². The number of carbonyl (C=O) groups excluding carboxylic acids is 2. The minimum atomic E-state index is -4.60. The van der Waals surface area contributed by atoms with Crippen LogP contribution in [-0.2, 0) is 15.8 Å². The highest BCUT2D eigenvalue weighted by Gasteiger charge is 2.42. The van der Waals surface area contributed by atoms with Gasteiger partial charge in [0, 0.05) is 18.8 Å². The number of likely N-dealkylation sites (tertiary alicyclic amines) is 2. The van der Waals surface area contributed by atoms with Gasteiger partial charge in [0.1, 0.15) is 17.9 Å². The molecule has 4 aromatic carbocycles. The number of aromatic amines is 2. The summed E-state index contributed by atoms with van der Waals surface area (Å²) in [6.45, 7) is 12.2. The van der Waals surface area contributed by atoms with Crippen molar-refractivity contribution in [2.24, 2.45) is 0 Å². The zero-order valence-electron chi connectivity index (χ0n) is 37.1.